The minimum atomic E-state index is 0.162. The van der Waals surface area contributed by atoms with E-state index >= 15 is 0 Å². The van der Waals surface area contributed by atoms with Gasteiger partial charge in [-0.1, -0.05) is 38.1 Å². The molecule has 1 aromatic carbocycles. The predicted octanol–water partition coefficient (Wildman–Crippen LogP) is 4.78. The minimum absolute atomic E-state index is 0.162. The summed E-state index contributed by atoms with van der Waals surface area (Å²) >= 11 is 0. The van der Waals surface area contributed by atoms with Crippen LogP contribution in [0.5, 0.6) is 0 Å². The Morgan fingerprint density at radius 1 is 1.11 bits per heavy atom. The van der Waals surface area contributed by atoms with Gasteiger partial charge in [0, 0.05) is 0 Å². The molecule has 1 nitrogen and oxygen atoms in total. The van der Waals surface area contributed by atoms with Gasteiger partial charge in [0.2, 0.25) is 0 Å². The lowest BCUT2D eigenvalue weighted by molar-refractivity contribution is 0.313. The summed E-state index contributed by atoms with van der Waals surface area (Å²) in [6, 6.07) is 9.11. The molecule has 0 N–H and O–H groups in total. The Labute approximate surface area is 118 Å². The van der Waals surface area contributed by atoms with Crippen LogP contribution >= 0.6 is 0 Å². The van der Waals surface area contributed by atoms with Crippen molar-refractivity contribution in [1.29, 1.82) is 0 Å². The van der Waals surface area contributed by atoms with E-state index in [9.17, 15) is 0 Å². The molecule has 2 unspecified atom stereocenters. The normalized spacial score (nSPS) is 22.2. The maximum Gasteiger partial charge on any atom is 0.0892 e. The first-order valence-corrected chi connectivity index (χ1v) is 7.77. The molecule has 0 aliphatic carbocycles. The van der Waals surface area contributed by atoms with Gasteiger partial charge >= 0.3 is 0 Å². The first-order chi connectivity index (χ1) is 9.01. The topological polar surface area (TPSA) is 12.5 Å². The highest BCUT2D eigenvalue weighted by atomic mass is 16.6. The number of hydrogen-bond acceptors (Lipinski definition) is 1. The molecule has 19 heavy (non-hydrogen) atoms. The zero-order chi connectivity index (χ0) is 13.9. The molecule has 0 bridgehead atoms. The second-order valence-corrected chi connectivity index (χ2v) is 6.60. The molecule has 1 heterocycles. The first-order valence-electron chi connectivity index (χ1n) is 7.77. The van der Waals surface area contributed by atoms with Crippen LogP contribution in [0.15, 0.2) is 24.3 Å². The van der Waals surface area contributed by atoms with Gasteiger partial charge < -0.3 is 4.74 Å². The van der Waals surface area contributed by atoms with Crippen LogP contribution in [0.4, 0.5) is 0 Å². The summed E-state index contributed by atoms with van der Waals surface area (Å²) in [4.78, 5) is 0. The van der Waals surface area contributed by atoms with E-state index < -0.39 is 0 Å². The number of aryl methyl sites for hydroxylation is 2. The molecular weight excluding hydrogens is 232 g/mol. The van der Waals surface area contributed by atoms with Crippen molar-refractivity contribution in [3.8, 4) is 0 Å². The zero-order valence-corrected chi connectivity index (χ0v) is 12.9. The standard InChI is InChI=1S/C18H28O/c1-5-15-9-11-16(12-10-15)8-6-14(2)7-13-17-18(3,4)19-17/h9-12,14,17H,5-8,13H2,1-4H3. The Balaban J connectivity index is 1.66. The SMILES string of the molecule is CCc1ccc(CCC(C)CCC2OC2(C)C)cc1. The van der Waals surface area contributed by atoms with E-state index in [2.05, 4.69) is 52.0 Å². The van der Waals surface area contributed by atoms with Crippen LogP contribution < -0.4 is 0 Å². The molecular formula is C18H28O. The number of rotatable bonds is 7. The number of benzene rings is 1. The summed E-state index contributed by atoms with van der Waals surface area (Å²) in [7, 11) is 0. The van der Waals surface area contributed by atoms with Crippen LogP contribution in [0.25, 0.3) is 0 Å². The molecule has 0 amide bonds. The first kappa shape index (κ1) is 14.6. The monoisotopic (exact) mass is 260 g/mol. The van der Waals surface area contributed by atoms with Crippen molar-refractivity contribution < 1.29 is 4.74 Å². The number of epoxide rings is 1. The van der Waals surface area contributed by atoms with E-state index in [1.54, 1.807) is 0 Å². The summed E-state index contributed by atoms with van der Waals surface area (Å²) in [5, 5.41) is 0. The average Bonchev–Trinajstić information content (AvgIpc) is 3.02. The largest absolute Gasteiger partial charge is 0.367 e. The Bertz CT molecular complexity index is 391. The maximum absolute atomic E-state index is 5.64. The molecule has 1 heteroatoms. The quantitative estimate of drug-likeness (QED) is 0.643. The van der Waals surface area contributed by atoms with Gasteiger partial charge in [-0.15, -0.1) is 0 Å². The third kappa shape index (κ3) is 4.35. The maximum atomic E-state index is 5.64. The lowest BCUT2D eigenvalue weighted by Gasteiger charge is -2.11. The van der Waals surface area contributed by atoms with Crippen molar-refractivity contribution in [3.63, 3.8) is 0 Å². The fourth-order valence-electron chi connectivity index (χ4n) is 2.67. The second kappa shape index (κ2) is 6.09. The van der Waals surface area contributed by atoms with E-state index in [0.717, 1.165) is 12.3 Å². The van der Waals surface area contributed by atoms with Crippen LogP contribution in [0.1, 0.15) is 58.1 Å². The highest BCUT2D eigenvalue weighted by Crippen LogP contribution is 2.39. The fraction of sp³-hybridized carbons (Fsp3) is 0.667. The van der Waals surface area contributed by atoms with E-state index in [1.165, 1.54) is 36.8 Å². The van der Waals surface area contributed by atoms with Crippen molar-refractivity contribution in [1.82, 2.24) is 0 Å². The van der Waals surface area contributed by atoms with Gasteiger partial charge in [0.25, 0.3) is 0 Å². The Morgan fingerprint density at radius 3 is 2.21 bits per heavy atom. The predicted molar refractivity (Wildman–Crippen MR) is 81.5 cm³/mol. The molecule has 0 spiro atoms. The summed E-state index contributed by atoms with van der Waals surface area (Å²) in [5.74, 6) is 0.797. The molecule has 1 saturated heterocycles. The lowest BCUT2D eigenvalue weighted by atomic mass is 9.94. The highest BCUT2D eigenvalue weighted by molar-refractivity contribution is 5.22. The van der Waals surface area contributed by atoms with Crippen LogP contribution in [-0.4, -0.2) is 11.7 Å². The lowest BCUT2D eigenvalue weighted by Crippen LogP contribution is -2.05. The van der Waals surface area contributed by atoms with Gasteiger partial charge in [0.1, 0.15) is 0 Å². The molecule has 0 aromatic heterocycles. The molecule has 0 saturated carbocycles. The number of ether oxygens (including phenoxy) is 1. The second-order valence-electron chi connectivity index (χ2n) is 6.60. The van der Waals surface area contributed by atoms with E-state index in [4.69, 9.17) is 4.74 Å². The number of hydrogen-bond donors (Lipinski definition) is 0. The van der Waals surface area contributed by atoms with Crippen molar-refractivity contribution >= 4 is 0 Å². The smallest absolute Gasteiger partial charge is 0.0892 e. The van der Waals surface area contributed by atoms with Gasteiger partial charge in [-0.2, -0.15) is 0 Å². The van der Waals surface area contributed by atoms with E-state index in [1.807, 2.05) is 0 Å². The molecule has 1 aliphatic heterocycles. The van der Waals surface area contributed by atoms with E-state index in [0.29, 0.717) is 6.10 Å². The fourth-order valence-corrected chi connectivity index (χ4v) is 2.67. The molecule has 0 radical (unpaired) electrons. The molecule has 106 valence electrons. The van der Waals surface area contributed by atoms with Crippen LogP contribution in [0.2, 0.25) is 0 Å². The Morgan fingerprint density at radius 2 is 1.68 bits per heavy atom. The van der Waals surface area contributed by atoms with Gasteiger partial charge in [-0.3, -0.25) is 0 Å². The van der Waals surface area contributed by atoms with Gasteiger partial charge in [-0.25, -0.2) is 0 Å². The molecule has 1 aromatic rings. The Hall–Kier alpha value is -0.820. The van der Waals surface area contributed by atoms with Crippen molar-refractivity contribution in [3.05, 3.63) is 35.4 Å². The third-order valence-corrected chi connectivity index (χ3v) is 4.44. The van der Waals surface area contributed by atoms with E-state index in [-0.39, 0.29) is 5.60 Å². The van der Waals surface area contributed by atoms with Crippen LogP contribution in [0, 0.1) is 5.92 Å². The van der Waals surface area contributed by atoms with Crippen LogP contribution in [-0.2, 0) is 17.6 Å². The van der Waals surface area contributed by atoms with Gasteiger partial charge in [0.15, 0.2) is 0 Å². The van der Waals surface area contributed by atoms with Gasteiger partial charge in [0.05, 0.1) is 11.7 Å². The summed E-state index contributed by atoms with van der Waals surface area (Å²) < 4.78 is 5.64. The summed E-state index contributed by atoms with van der Waals surface area (Å²) in [6.07, 6.45) is 6.66. The Kier molecular flexibility index (Phi) is 4.67. The average molecular weight is 260 g/mol. The summed E-state index contributed by atoms with van der Waals surface area (Å²) in [6.45, 7) is 8.96. The molecule has 2 atom stereocenters. The molecule has 1 fully saturated rings. The molecule has 1 aliphatic rings. The van der Waals surface area contributed by atoms with Gasteiger partial charge in [-0.05, 0) is 63.0 Å². The van der Waals surface area contributed by atoms with Crippen molar-refractivity contribution in [2.75, 3.05) is 0 Å². The minimum Gasteiger partial charge on any atom is -0.367 e. The third-order valence-electron chi connectivity index (χ3n) is 4.44. The van der Waals surface area contributed by atoms with Crippen molar-refractivity contribution in [2.45, 2.75) is 71.5 Å². The van der Waals surface area contributed by atoms with Crippen molar-refractivity contribution in [2.24, 2.45) is 5.92 Å². The zero-order valence-electron chi connectivity index (χ0n) is 12.9. The summed E-state index contributed by atoms with van der Waals surface area (Å²) in [5.41, 5.74) is 3.08. The highest BCUT2D eigenvalue weighted by Gasteiger charge is 2.46. The van der Waals surface area contributed by atoms with Crippen LogP contribution in [0.3, 0.4) is 0 Å². The molecule has 2 rings (SSSR count).